The average Bonchev–Trinajstić information content (AvgIpc) is 2.62. The molecular formula is C21H22BrNO3. The molecule has 0 aliphatic heterocycles. The first-order valence-electron chi connectivity index (χ1n) is 8.09. The van der Waals surface area contributed by atoms with Gasteiger partial charge in [0.05, 0.1) is 5.41 Å². The van der Waals surface area contributed by atoms with Gasteiger partial charge in [0.1, 0.15) is 17.2 Å². The van der Waals surface area contributed by atoms with E-state index in [4.69, 9.17) is 0 Å². The second-order valence-corrected chi connectivity index (χ2v) is 6.08. The summed E-state index contributed by atoms with van der Waals surface area (Å²) in [6.07, 6.45) is 0. The summed E-state index contributed by atoms with van der Waals surface area (Å²) in [5.41, 5.74) is 2.45. The standard InChI is InChI=1S/C21H21NO3.BrH/c1-22-14-21(15-2-8-18(23)9-3-15,16-4-10-19(24)11-5-16)17-6-12-20(25)13-7-17;/h2-13,22-25H,14H2,1H3;1H. The Morgan fingerprint density at radius 3 is 1.12 bits per heavy atom. The molecule has 0 saturated carbocycles. The number of nitrogens with one attached hydrogen (secondary N) is 1. The number of hydrogen-bond acceptors (Lipinski definition) is 4. The van der Waals surface area contributed by atoms with Crippen LogP contribution < -0.4 is 5.32 Å². The molecule has 0 bridgehead atoms. The van der Waals surface area contributed by atoms with Crippen molar-refractivity contribution in [3.8, 4) is 17.2 Å². The first kappa shape index (κ1) is 19.8. The van der Waals surface area contributed by atoms with Crippen LogP contribution in [0.25, 0.3) is 0 Å². The molecule has 0 atom stereocenters. The molecule has 3 aromatic rings. The summed E-state index contributed by atoms with van der Waals surface area (Å²) in [6, 6.07) is 21.4. The lowest BCUT2D eigenvalue weighted by Gasteiger charge is -2.36. The third kappa shape index (κ3) is 3.69. The van der Waals surface area contributed by atoms with Crippen LogP contribution in [-0.4, -0.2) is 28.9 Å². The Kier molecular flexibility index (Phi) is 6.29. The Bertz CT molecular complexity index is 720. The summed E-state index contributed by atoms with van der Waals surface area (Å²) in [4.78, 5) is 0. The number of aromatic hydroxyl groups is 3. The van der Waals surface area contributed by atoms with E-state index in [2.05, 4.69) is 5.32 Å². The number of phenols is 3. The largest absolute Gasteiger partial charge is 0.508 e. The lowest BCUT2D eigenvalue weighted by molar-refractivity contribution is 0.472. The van der Waals surface area contributed by atoms with E-state index in [0.717, 1.165) is 16.7 Å². The molecule has 0 aliphatic carbocycles. The molecule has 0 heterocycles. The minimum absolute atomic E-state index is 0. The van der Waals surface area contributed by atoms with Gasteiger partial charge < -0.3 is 20.6 Å². The van der Waals surface area contributed by atoms with Crippen LogP contribution in [0, 0.1) is 0 Å². The maximum absolute atomic E-state index is 9.68. The van der Waals surface area contributed by atoms with Crippen molar-refractivity contribution in [2.24, 2.45) is 0 Å². The highest BCUT2D eigenvalue weighted by molar-refractivity contribution is 8.93. The van der Waals surface area contributed by atoms with Crippen LogP contribution in [0.3, 0.4) is 0 Å². The summed E-state index contributed by atoms with van der Waals surface area (Å²) in [6.45, 7) is 0.604. The number of phenolic OH excluding ortho intramolecular Hbond substituents is 3. The minimum atomic E-state index is -0.538. The van der Waals surface area contributed by atoms with Crippen LogP contribution in [-0.2, 0) is 5.41 Å². The quantitative estimate of drug-likeness (QED) is 0.476. The maximum atomic E-state index is 9.68. The van der Waals surface area contributed by atoms with Crippen LogP contribution in [0.4, 0.5) is 0 Å². The van der Waals surface area contributed by atoms with Gasteiger partial charge in [0.25, 0.3) is 0 Å². The van der Waals surface area contributed by atoms with E-state index < -0.39 is 5.41 Å². The Morgan fingerprint density at radius 1 is 0.615 bits per heavy atom. The van der Waals surface area contributed by atoms with Crippen molar-refractivity contribution >= 4 is 17.0 Å². The lowest BCUT2D eigenvalue weighted by atomic mass is 9.69. The van der Waals surface area contributed by atoms with E-state index in [1.807, 2.05) is 43.4 Å². The van der Waals surface area contributed by atoms with E-state index in [1.54, 1.807) is 36.4 Å². The second-order valence-electron chi connectivity index (χ2n) is 6.08. The molecule has 0 saturated heterocycles. The van der Waals surface area contributed by atoms with Crippen LogP contribution in [0.2, 0.25) is 0 Å². The summed E-state index contributed by atoms with van der Waals surface area (Å²) in [5, 5.41) is 32.3. The summed E-state index contributed by atoms with van der Waals surface area (Å²) in [7, 11) is 1.88. The summed E-state index contributed by atoms with van der Waals surface area (Å²) in [5.74, 6) is 0.621. The van der Waals surface area contributed by atoms with E-state index in [-0.39, 0.29) is 34.2 Å². The van der Waals surface area contributed by atoms with Crippen LogP contribution in [0.5, 0.6) is 17.2 Å². The molecule has 3 aromatic carbocycles. The molecule has 136 valence electrons. The van der Waals surface area contributed by atoms with Gasteiger partial charge in [0.2, 0.25) is 0 Å². The number of benzene rings is 3. The first-order valence-corrected chi connectivity index (χ1v) is 8.09. The SMILES string of the molecule is Br.CNCC(c1ccc(O)cc1)(c1ccc(O)cc1)c1ccc(O)cc1. The van der Waals surface area contributed by atoms with Gasteiger partial charge in [-0.05, 0) is 60.1 Å². The number of rotatable bonds is 5. The predicted molar refractivity (Wildman–Crippen MR) is 108 cm³/mol. The first-order chi connectivity index (χ1) is 12.1. The van der Waals surface area contributed by atoms with Gasteiger partial charge >= 0.3 is 0 Å². The normalized spacial score (nSPS) is 11.0. The molecule has 0 radical (unpaired) electrons. The van der Waals surface area contributed by atoms with Crippen molar-refractivity contribution in [3.63, 3.8) is 0 Å². The number of halogens is 1. The van der Waals surface area contributed by atoms with Gasteiger partial charge in [0.15, 0.2) is 0 Å². The molecule has 0 aliphatic rings. The van der Waals surface area contributed by atoms with Crippen molar-refractivity contribution in [2.45, 2.75) is 5.41 Å². The molecule has 4 N–H and O–H groups in total. The highest BCUT2D eigenvalue weighted by Gasteiger charge is 2.35. The van der Waals surface area contributed by atoms with Crippen molar-refractivity contribution in [3.05, 3.63) is 89.5 Å². The third-order valence-corrected chi connectivity index (χ3v) is 4.52. The lowest BCUT2D eigenvalue weighted by Crippen LogP contribution is -2.39. The summed E-state index contributed by atoms with van der Waals surface area (Å²) < 4.78 is 0. The van der Waals surface area contributed by atoms with Gasteiger partial charge in [-0.25, -0.2) is 0 Å². The zero-order valence-electron chi connectivity index (χ0n) is 14.4. The van der Waals surface area contributed by atoms with Crippen LogP contribution >= 0.6 is 17.0 Å². The molecule has 26 heavy (non-hydrogen) atoms. The second kappa shape index (κ2) is 8.25. The van der Waals surface area contributed by atoms with Crippen molar-refractivity contribution < 1.29 is 15.3 Å². The third-order valence-electron chi connectivity index (χ3n) is 4.52. The molecule has 3 rings (SSSR count). The van der Waals surface area contributed by atoms with E-state index >= 15 is 0 Å². The monoisotopic (exact) mass is 415 g/mol. The molecule has 0 amide bonds. The van der Waals surface area contributed by atoms with E-state index in [9.17, 15) is 15.3 Å². The summed E-state index contributed by atoms with van der Waals surface area (Å²) >= 11 is 0. The molecule has 0 fully saturated rings. The topological polar surface area (TPSA) is 72.7 Å². The zero-order chi connectivity index (χ0) is 17.9. The number of hydrogen-bond donors (Lipinski definition) is 4. The van der Waals surface area contributed by atoms with Crippen LogP contribution in [0.15, 0.2) is 72.8 Å². The fourth-order valence-electron chi connectivity index (χ4n) is 3.31. The smallest absolute Gasteiger partial charge is 0.115 e. The fourth-order valence-corrected chi connectivity index (χ4v) is 3.31. The molecule has 0 aromatic heterocycles. The van der Waals surface area contributed by atoms with Crippen molar-refractivity contribution in [1.82, 2.24) is 5.32 Å². The van der Waals surface area contributed by atoms with Crippen LogP contribution in [0.1, 0.15) is 16.7 Å². The predicted octanol–water partition coefficient (Wildman–Crippen LogP) is 3.94. The maximum Gasteiger partial charge on any atom is 0.115 e. The number of likely N-dealkylation sites (N-methyl/N-ethyl adjacent to an activating group) is 1. The Hall–Kier alpha value is -2.50. The molecular weight excluding hydrogens is 394 g/mol. The van der Waals surface area contributed by atoms with Gasteiger partial charge in [-0.1, -0.05) is 36.4 Å². The van der Waals surface area contributed by atoms with Gasteiger partial charge in [-0.3, -0.25) is 0 Å². The molecule has 5 heteroatoms. The molecule has 0 unspecified atom stereocenters. The Morgan fingerprint density at radius 2 is 0.885 bits per heavy atom. The molecule has 4 nitrogen and oxygen atoms in total. The van der Waals surface area contributed by atoms with Gasteiger partial charge in [-0.15, -0.1) is 17.0 Å². The fraction of sp³-hybridized carbons (Fsp3) is 0.143. The Balaban J connectivity index is 0.00000243. The van der Waals surface area contributed by atoms with Gasteiger partial charge in [0, 0.05) is 6.54 Å². The molecule has 0 spiro atoms. The zero-order valence-corrected chi connectivity index (χ0v) is 16.1. The van der Waals surface area contributed by atoms with Crippen molar-refractivity contribution in [2.75, 3.05) is 13.6 Å². The van der Waals surface area contributed by atoms with Gasteiger partial charge in [-0.2, -0.15) is 0 Å². The highest BCUT2D eigenvalue weighted by Crippen LogP contribution is 2.40. The van der Waals surface area contributed by atoms with E-state index in [1.165, 1.54) is 0 Å². The van der Waals surface area contributed by atoms with E-state index in [0.29, 0.717) is 6.54 Å². The average molecular weight is 416 g/mol. The minimum Gasteiger partial charge on any atom is -0.508 e. The highest BCUT2D eigenvalue weighted by atomic mass is 79.9. The Labute approximate surface area is 163 Å². The van der Waals surface area contributed by atoms with Crippen molar-refractivity contribution in [1.29, 1.82) is 0 Å².